The van der Waals surface area contributed by atoms with Crippen LogP contribution in [0.1, 0.15) is 150 Å². The predicted octanol–water partition coefficient (Wildman–Crippen LogP) is 9.90. The first-order chi connectivity index (χ1) is 30.7. The molecule has 3 fully saturated rings. The fourth-order valence-electron chi connectivity index (χ4n) is 6.70. The Morgan fingerprint density at radius 2 is 0.953 bits per heavy atom. The second-order valence-corrected chi connectivity index (χ2v) is 21.1. The number of aliphatic hydroxyl groups excluding tert-OH is 2. The molecule has 0 aromatic rings. The van der Waals surface area contributed by atoms with E-state index >= 15 is 0 Å². The SMILES string of the molecule is C#CC[C@@H](C)CPOC.CCC[C@@H]1OC(C)(C)O[C@@H]1C(O)C#CC[C@@H](C)CPOC.CCC[C@@H]1OC(C)(C)O[C@@H]1C(O)C#CC[C@@H](C)CPOC.CCC[C@@H]1OC(C)(C)O[C@@H]1C=O.[3H]C. The first-order valence-electron chi connectivity index (χ1n) is 23.7. The number of ether oxygens (including phenoxy) is 6. The Hall–Kier alpha value is -0.800. The lowest BCUT2D eigenvalue weighted by Crippen LogP contribution is -2.34. The number of carbonyl (C=O) groups excluding carboxylic acids is 1. The molecule has 0 aliphatic carbocycles. The van der Waals surface area contributed by atoms with Crippen LogP contribution >= 0.6 is 26.4 Å². The average Bonchev–Trinajstić information content (AvgIpc) is 3.86. The van der Waals surface area contributed by atoms with Crippen LogP contribution in [0.3, 0.4) is 0 Å². The average molecular weight is 967 g/mol. The molecule has 3 heterocycles. The molecule has 0 bridgehead atoms. The molecular weight excluding hydrogens is 873 g/mol. The van der Waals surface area contributed by atoms with Gasteiger partial charge in [-0.05, 0) is 97.0 Å². The summed E-state index contributed by atoms with van der Waals surface area (Å²) >= 11 is 0. The Balaban J connectivity index is 0. The van der Waals surface area contributed by atoms with Gasteiger partial charge in [0.05, 0.1) is 18.3 Å². The highest BCUT2D eigenvalue weighted by Crippen LogP contribution is 2.34. The summed E-state index contributed by atoms with van der Waals surface area (Å²) in [6.07, 6.45) is 14.2. The van der Waals surface area contributed by atoms with Gasteiger partial charge >= 0.3 is 0 Å². The minimum Gasteiger partial charge on any atom is -0.378 e. The van der Waals surface area contributed by atoms with Crippen molar-refractivity contribution in [1.29, 1.82) is 0 Å². The summed E-state index contributed by atoms with van der Waals surface area (Å²) in [7, 11) is 8.05. The molecule has 15 heteroatoms. The highest BCUT2D eigenvalue weighted by atomic mass is 31.1. The fraction of sp³-hybridized carbons (Fsp3) is 0.857. The molecule has 0 amide bonds. The molecule has 3 aliphatic rings. The van der Waals surface area contributed by atoms with Crippen molar-refractivity contribution in [3.05, 3.63) is 0 Å². The van der Waals surface area contributed by atoms with Gasteiger partial charge < -0.3 is 57.0 Å². The Kier molecular flexibility index (Phi) is 35.8. The van der Waals surface area contributed by atoms with Gasteiger partial charge in [-0.3, -0.25) is 0 Å². The smallest absolute Gasteiger partial charge is 0.164 e. The number of rotatable bonds is 21. The van der Waals surface area contributed by atoms with Gasteiger partial charge in [0.25, 0.3) is 0 Å². The summed E-state index contributed by atoms with van der Waals surface area (Å²) in [4.78, 5) is 10.6. The molecule has 3 saturated heterocycles. The first kappa shape index (κ1) is 63.2. The molecule has 0 aromatic heterocycles. The summed E-state index contributed by atoms with van der Waals surface area (Å²) < 4.78 is 55.0. The maximum atomic E-state index is 10.6. The summed E-state index contributed by atoms with van der Waals surface area (Å²) in [6, 6.07) is 0. The molecule has 2 N–H and O–H groups in total. The van der Waals surface area contributed by atoms with Crippen LogP contribution in [0.15, 0.2) is 0 Å². The Bertz CT molecular complexity index is 1310. The van der Waals surface area contributed by atoms with Crippen molar-refractivity contribution in [3.63, 3.8) is 0 Å². The highest BCUT2D eigenvalue weighted by molar-refractivity contribution is 7.32. The zero-order chi connectivity index (χ0) is 50.1. The summed E-state index contributed by atoms with van der Waals surface area (Å²) in [6.45, 7) is 23.9. The zero-order valence-electron chi connectivity index (χ0n) is 43.5. The Labute approximate surface area is 397 Å². The van der Waals surface area contributed by atoms with Crippen LogP contribution in [-0.4, -0.2) is 123 Å². The van der Waals surface area contributed by atoms with Crippen molar-refractivity contribution in [2.24, 2.45) is 17.8 Å². The number of hydrogen-bond donors (Lipinski definition) is 2. The Morgan fingerprint density at radius 1 is 0.625 bits per heavy atom. The Morgan fingerprint density at radius 3 is 1.28 bits per heavy atom. The van der Waals surface area contributed by atoms with E-state index in [2.05, 4.69) is 71.1 Å². The third-order valence-corrected chi connectivity index (χ3v) is 13.2. The van der Waals surface area contributed by atoms with E-state index in [1.165, 1.54) is 7.40 Å². The molecule has 0 saturated carbocycles. The predicted molar refractivity (Wildman–Crippen MR) is 267 cm³/mol. The minimum absolute atomic E-state index is 0.0532. The van der Waals surface area contributed by atoms with E-state index in [1.807, 2.05) is 41.5 Å². The van der Waals surface area contributed by atoms with E-state index in [9.17, 15) is 15.0 Å². The molecule has 0 spiro atoms. The van der Waals surface area contributed by atoms with Crippen molar-refractivity contribution < 1.29 is 58.4 Å². The van der Waals surface area contributed by atoms with Gasteiger partial charge in [0, 0.05) is 68.4 Å². The van der Waals surface area contributed by atoms with Crippen LogP contribution in [0.5, 0.6) is 0 Å². The lowest BCUT2D eigenvalue weighted by Gasteiger charge is -2.18. The van der Waals surface area contributed by atoms with Gasteiger partial charge in [-0.2, -0.15) is 0 Å². The maximum absolute atomic E-state index is 10.6. The first-order valence-corrected chi connectivity index (χ1v) is 26.1. The van der Waals surface area contributed by atoms with E-state index in [0.717, 1.165) is 82.6 Å². The number of hydrogen-bond acceptors (Lipinski definition) is 12. The quantitative estimate of drug-likeness (QED) is 0.0643. The van der Waals surface area contributed by atoms with Gasteiger partial charge in [-0.15, -0.1) is 24.2 Å². The third-order valence-electron chi connectivity index (χ3n) is 9.74. The van der Waals surface area contributed by atoms with Crippen LogP contribution in [0, 0.1) is 53.8 Å². The number of aliphatic hydroxyl groups is 2. The number of carbonyl (C=O) groups is 1. The third kappa shape index (κ3) is 29.2. The van der Waals surface area contributed by atoms with Gasteiger partial charge in [0.2, 0.25) is 0 Å². The van der Waals surface area contributed by atoms with Crippen molar-refractivity contribution in [3.8, 4) is 36.0 Å². The van der Waals surface area contributed by atoms with E-state index in [-0.39, 0.29) is 36.6 Å². The molecule has 14 atom stereocenters. The monoisotopic (exact) mass is 967 g/mol. The second kappa shape index (κ2) is 36.2. The standard InChI is InChI=1S/2C16H29O4P.C9H16O3.C7H13OP.CH4/c2*1-6-8-14-15(20-16(3,4)19-14)13(17)10-7-9-12(2)11-21-18-5;1-4-5-7-8(6-10)12-9(2,3)11-7;1-4-5-7(2)6-9-8-3;/h2*12-15,17,21H,6,8-9,11H2,1-5H3;6-8H,4-5H2,1-3H3;1,7,9H,5-6H2,2-3H3;1H4/t2*12-,13?,14+,15-;7-,8+;7-;/m1101./s1/i;;;;1T. The van der Waals surface area contributed by atoms with Crippen molar-refractivity contribution in [1.82, 2.24) is 0 Å². The fourth-order valence-corrected chi connectivity index (χ4v) is 8.48. The molecule has 12 nitrogen and oxygen atoms in total. The lowest BCUT2D eigenvalue weighted by molar-refractivity contribution is -0.152. The maximum Gasteiger partial charge on any atom is 0.164 e. The second-order valence-electron chi connectivity index (χ2n) is 17.7. The summed E-state index contributed by atoms with van der Waals surface area (Å²) in [5.74, 6) is 14.3. The van der Waals surface area contributed by atoms with Gasteiger partial charge in [-0.25, -0.2) is 0 Å². The number of terminal acetylenes is 1. The molecule has 64 heavy (non-hydrogen) atoms. The highest BCUT2D eigenvalue weighted by Gasteiger charge is 2.45. The minimum atomic E-state index is -0.791. The zero-order valence-corrected chi connectivity index (χ0v) is 45.5. The van der Waals surface area contributed by atoms with Crippen molar-refractivity contribution in [2.45, 2.75) is 214 Å². The lowest BCUT2D eigenvalue weighted by atomic mass is 10.0. The largest absolute Gasteiger partial charge is 0.378 e. The number of aldehydes is 1. The molecule has 5 unspecified atom stereocenters. The topological polar surface area (TPSA) is 141 Å². The van der Waals surface area contributed by atoms with Crippen LogP contribution in [0.25, 0.3) is 0 Å². The molecule has 0 radical (unpaired) electrons. The van der Waals surface area contributed by atoms with E-state index in [0.29, 0.717) is 44.2 Å². The van der Waals surface area contributed by atoms with E-state index in [4.69, 9.17) is 49.8 Å². The van der Waals surface area contributed by atoms with Crippen LogP contribution < -0.4 is 0 Å². The van der Waals surface area contributed by atoms with Crippen LogP contribution in [0.2, 0.25) is 0 Å². The van der Waals surface area contributed by atoms with Crippen molar-refractivity contribution >= 4 is 32.7 Å². The van der Waals surface area contributed by atoms with Gasteiger partial charge in [0.15, 0.2) is 23.6 Å². The summed E-state index contributed by atoms with van der Waals surface area (Å²) in [5, 5.41) is 20.5. The summed E-state index contributed by atoms with van der Waals surface area (Å²) in [5.41, 5.74) is 0. The van der Waals surface area contributed by atoms with Gasteiger partial charge in [-0.1, -0.05) is 80.0 Å². The molecule has 374 valence electrons. The van der Waals surface area contributed by atoms with E-state index in [1.54, 1.807) is 21.3 Å². The molecule has 0 aromatic carbocycles. The van der Waals surface area contributed by atoms with Crippen molar-refractivity contribution in [2.75, 3.05) is 39.8 Å². The van der Waals surface area contributed by atoms with Crippen LogP contribution in [-0.2, 0) is 46.8 Å². The molecule has 3 rings (SSSR count). The van der Waals surface area contributed by atoms with Gasteiger partial charge in [0.1, 0.15) is 30.5 Å². The van der Waals surface area contributed by atoms with Crippen LogP contribution in [0.4, 0.5) is 0 Å². The molecule has 3 aliphatic heterocycles. The molecular formula is C49H91O12P3. The normalized spacial score (nSPS) is 26.4. The van der Waals surface area contributed by atoms with E-state index < -0.39 is 29.6 Å².